The van der Waals surface area contributed by atoms with Gasteiger partial charge in [0.15, 0.2) is 9.84 Å². The first-order valence-corrected chi connectivity index (χ1v) is 9.23. The molecule has 0 unspecified atom stereocenters. The fourth-order valence-corrected chi connectivity index (χ4v) is 3.69. The molecule has 2 N–H and O–H groups in total. The van der Waals surface area contributed by atoms with E-state index in [-0.39, 0.29) is 12.4 Å². The van der Waals surface area contributed by atoms with Gasteiger partial charge in [-0.15, -0.1) is 0 Å². The molecule has 7 heteroatoms. The number of aryl methyl sites for hydroxylation is 1. The van der Waals surface area contributed by atoms with Crippen molar-refractivity contribution < 1.29 is 13.5 Å². The average Bonchev–Trinajstić information content (AvgIpc) is 2.80. The highest BCUT2D eigenvalue weighted by molar-refractivity contribution is 7.91. The first-order chi connectivity index (χ1) is 11.0. The van der Waals surface area contributed by atoms with Gasteiger partial charge in [-0.2, -0.15) is 5.10 Å². The molecule has 0 aliphatic carbocycles. The molecular weight excluding hydrogens is 314 g/mol. The Balaban J connectivity index is 1.91. The molecule has 126 valence electrons. The molecule has 23 heavy (non-hydrogen) atoms. The molecule has 1 aromatic heterocycles. The van der Waals surface area contributed by atoms with Crippen LogP contribution in [0.5, 0.6) is 0 Å². The summed E-state index contributed by atoms with van der Waals surface area (Å²) in [5.74, 6) is 0.0554. The SMILES string of the molecule is Cc1nn(CCO)c(C)c1CNCCS(=O)(=O)c1ccccc1. The van der Waals surface area contributed by atoms with E-state index in [1.165, 1.54) is 0 Å². The van der Waals surface area contributed by atoms with Gasteiger partial charge in [-0.05, 0) is 26.0 Å². The van der Waals surface area contributed by atoms with Gasteiger partial charge in [-0.25, -0.2) is 8.42 Å². The molecule has 0 radical (unpaired) electrons. The molecule has 1 heterocycles. The number of nitrogens with zero attached hydrogens (tertiary/aromatic N) is 2. The summed E-state index contributed by atoms with van der Waals surface area (Å²) >= 11 is 0. The maximum absolute atomic E-state index is 12.2. The van der Waals surface area contributed by atoms with Crippen LogP contribution in [0.15, 0.2) is 35.2 Å². The molecule has 0 atom stereocenters. The molecule has 0 saturated heterocycles. The van der Waals surface area contributed by atoms with Crippen LogP contribution < -0.4 is 5.32 Å². The van der Waals surface area contributed by atoms with Crippen LogP contribution in [0.4, 0.5) is 0 Å². The van der Waals surface area contributed by atoms with Crippen molar-refractivity contribution in [1.82, 2.24) is 15.1 Å². The van der Waals surface area contributed by atoms with Gasteiger partial charge in [0, 0.05) is 24.3 Å². The van der Waals surface area contributed by atoms with Crippen molar-refractivity contribution in [1.29, 1.82) is 0 Å². The minimum atomic E-state index is -3.25. The minimum absolute atomic E-state index is 0.0458. The number of nitrogens with one attached hydrogen (secondary N) is 1. The van der Waals surface area contributed by atoms with Crippen molar-refractivity contribution >= 4 is 9.84 Å². The fraction of sp³-hybridized carbons (Fsp3) is 0.438. The number of hydrogen-bond acceptors (Lipinski definition) is 5. The molecule has 2 aromatic rings. The Hall–Kier alpha value is -1.70. The molecule has 0 amide bonds. The molecule has 0 aliphatic rings. The van der Waals surface area contributed by atoms with E-state index in [4.69, 9.17) is 5.11 Å². The van der Waals surface area contributed by atoms with Gasteiger partial charge in [-0.1, -0.05) is 18.2 Å². The second kappa shape index (κ2) is 7.72. The lowest BCUT2D eigenvalue weighted by atomic mass is 10.2. The van der Waals surface area contributed by atoms with Crippen molar-refractivity contribution in [3.63, 3.8) is 0 Å². The molecular formula is C16H23N3O3S. The Labute approximate surface area is 137 Å². The maximum atomic E-state index is 12.2. The number of hydrogen-bond donors (Lipinski definition) is 2. The largest absolute Gasteiger partial charge is 0.394 e. The molecule has 1 aromatic carbocycles. The monoisotopic (exact) mass is 337 g/mol. The van der Waals surface area contributed by atoms with E-state index in [0.717, 1.165) is 17.0 Å². The summed E-state index contributed by atoms with van der Waals surface area (Å²) in [5, 5.41) is 16.6. The predicted molar refractivity (Wildman–Crippen MR) is 89.0 cm³/mol. The molecule has 0 aliphatic heterocycles. The second-order valence-corrected chi connectivity index (χ2v) is 7.51. The van der Waals surface area contributed by atoms with E-state index in [9.17, 15) is 8.42 Å². The highest BCUT2D eigenvalue weighted by Crippen LogP contribution is 2.13. The lowest BCUT2D eigenvalue weighted by Gasteiger charge is -2.07. The quantitative estimate of drug-likeness (QED) is 0.704. The predicted octanol–water partition coefficient (Wildman–Crippen LogP) is 1.06. The summed E-state index contributed by atoms with van der Waals surface area (Å²) in [7, 11) is -3.25. The van der Waals surface area contributed by atoms with Gasteiger partial charge >= 0.3 is 0 Å². The highest BCUT2D eigenvalue weighted by Gasteiger charge is 2.14. The third-order valence-corrected chi connectivity index (χ3v) is 5.53. The van der Waals surface area contributed by atoms with E-state index < -0.39 is 9.84 Å². The van der Waals surface area contributed by atoms with Crippen LogP contribution in [0, 0.1) is 13.8 Å². The molecule has 0 fully saturated rings. The number of aromatic nitrogens is 2. The first kappa shape index (κ1) is 17.7. The van der Waals surface area contributed by atoms with Gasteiger partial charge < -0.3 is 10.4 Å². The van der Waals surface area contributed by atoms with Crippen LogP contribution in [0.2, 0.25) is 0 Å². The van der Waals surface area contributed by atoms with Crippen molar-refractivity contribution in [3.05, 3.63) is 47.3 Å². The van der Waals surface area contributed by atoms with Crippen LogP contribution >= 0.6 is 0 Å². The molecule has 2 rings (SSSR count). The maximum Gasteiger partial charge on any atom is 0.179 e. The van der Waals surface area contributed by atoms with Gasteiger partial charge in [0.25, 0.3) is 0 Å². The third kappa shape index (κ3) is 4.40. The average molecular weight is 337 g/mol. The Morgan fingerprint density at radius 2 is 1.91 bits per heavy atom. The van der Waals surface area contributed by atoms with Crippen LogP contribution in [0.3, 0.4) is 0 Å². The zero-order valence-corrected chi connectivity index (χ0v) is 14.3. The summed E-state index contributed by atoms with van der Waals surface area (Å²) in [6.07, 6.45) is 0. The van der Waals surface area contributed by atoms with Crippen molar-refractivity contribution in [2.24, 2.45) is 0 Å². The summed E-state index contributed by atoms with van der Waals surface area (Å²) in [4.78, 5) is 0.352. The van der Waals surface area contributed by atoms with Gasteiger partial charge in [-0.3, -0.25) is 4.68 Å². The zero-order chi connectivity index (χ0) is 16.9. The fourth-order valence-electron chi connectivity index (χ4n) is 2.47. The zero-order valence-electron chi connectivity index (χ0n) is 13.5. The lowest BCUT2D eigenvalue weighted by Crippen LogP contribution is -2.23. The minimum Gasteiger partial charge on any atom is -0.394 e. The summed E-state index contributed by atoms with van der Waals surface area (Å²) in [6, 6.07) is 8.48. The van der Waals surface area contributed by atoms with Crippen LogP contribution in [0.25, 0.3) is 0 Å². The van der Waals surface area contributed by atoms with E-state index in [1.54, 1.807) is 35.0 Å². The van der Waals surface area contributed by atoms with Crippen LogP contribution in [-0.2, 0) is 22.9 Å². The Morgan fingerprint density at radius 1 is 1.22 bits per heavy atom. The standard InChI is InChI=1S/C16H23N3O3S/c1-13-16(14(2)19(18-13)9-10-20)12-17-8-11-23(21,22)15-6-4-3-5-7-15/h3-7,17,20H,8-12H2,1-2H3. The van der Waals surface area contributed by atoms with E-state index in [2.05, 4.69) is 10.4 Å². The Bertz CT molecular complexity index is 739. The van der Waals surface area contributed by atoms with Crippen LogP contribution in [-0.4, -0.2) is 42.2 Å². The topological polar surface area (TPSA) is 84.2 Å². The van der Waals surface area contributed by atoms with E-state index in [0.29, 0.717) is 24.5 Å². The summed E-state index contributed by atoms with van der Waals surface area (Å²) in [6.45, 7) is 5.32. The second-order valence-electron chi connectivity index (χ2n) is 5.40. The van der Waals surface area contributed by atoms with E-state index in [1.807, 2.05) is 13.8 Å². The number of aliphatic hydroxyl groups is 1. The first-order valence-electron chi connectivity index (χ1n) is 7.58. The summed E-state index contributed by atoms with van der Waals surface area (Å²) < 4.78 is 26.1. The Morgan fingerprint density at radius 3 is 2.57 bits per heavy atom. The number of rotatable bonds is 8. The van der Waals surface area contributed by atoms with Crippen molar-refractivity contribution in [2.45, 2.75) is 31.8 Å². The Kier molecular flexibility index (Phi) is 5.92. The molecule has 6 nitrogen and oxygen atoms in total. The number of aliphatic hydroxyl groups excluding tert-OH is 1. The lowest BCUT2D eigenvalue weighted by molar-refractivity contribution is 0.267. The summed E-state index contributed by atoms with van der Waals surface area (Å²) in [5.41, 5.74) is 2.94. The van der Waals surface area contributed by atoms with Gasteiger partial charge in [0.2, 0.25) is 0 Å². The van der Waals surface area contributed by atoms with Crippen molar-refractivity contribution in [2.75, 3.05) is 18.9 Å². The number of sulfone groups is 1. The van der Waals surface area contributed by atoms with Crippen molar-refractivity contribution in [3.8, 4) is 0 Å². The third-order valence-electron chi connectivity index (χ3n) is 3.79. The van der Waals surface area contributed by atoms with E-state index >= 15 is 0 Å². The highest BCUT2D eigenvalue weighted by atomic mass is 32.2. The normalized spacial score (nSPS) is 11.8. The molecule has 0 spiro atoms. The van der Waals surface area contributed by atoms with Gasteiger partial charge in [0.1, 0.15) is 0 Å². The molecule has 0 bridgehead atoms. The van der Waals surface area contributed by atoms with Gasteiger partial charge in [0.05, 0.1) is 29.5 Å². The smallest absolute Gasteiger partial charge is 0.179 e. The molecule has 0 saturated carbocycles. The van der Waals surface area contributed by atoms with Crippen LogP contribution in [0.1, 0.15) is 17.0 Å². The number of benzene rings is 1.